The fraction of sp³-hybridized carbons (Fsp3) is 0.500. The summed E-state index contributed by atoms with van der Waals surface area (Å²) in [5.74, 6) is 0.683. The number of nitrogens with one attached hydrogen (secondary N) is 1. The van der Waals surface area contributed by atoms with Gasteiger partial charge in [0.1, 0.15) is 17.9 Å². The highest BCUT2D eigenvalue weighted by molar-refractivity contribution is 6.20. The monoisotopic (exact) mass is 292 g/mol. The van der Waals surface area contributed by atoms with Crippen molar-refractivity contribution in [1.29, 1.82) is 0 Å². The molecule has 1 amide bonds. The molecule has 5 nitrogen and oxygen atoms in total. The summed E-state index contributed by atoms with van der Waals surface area (Å²) in [6.07, 6.45) is 3.89. The van der Waals surface area contributed by atoms with Crippen LogP contribution in [0.1, 0.15) is 36.5 Å². The van der Waals surface area contributed by atoms with Gasteiger partial charge in [0.2, 0.25) is 5.91 Å². The lowest BCUT2D eigenvalue weighted by atomic mass is 10.3. The van der Waals surface area contributed by atoms with Gasteiger partial charge >= 0.3 is 0 Å². The van der Waals surface area contributed by atoms with Gasteiger partial charge in [0.05, 0.1) is 5.38 Å². The second-order valence-corrected chi connectivity index (χ2v) is 5.97. The maximum absolute atomic E-state index is 12.0. The molecule has 1 fully saturated rings. The molecule has 2 aromatic rings. The van der Waals surface area contributed by atoms with E-state index in [4.69, 9.17) is 11.6 Å². The van der Waals surface area contributed by atoms with Gasteiger partial charge in [-0.05, 0) is 38.3 Å². The maximum atomic E-state index is 12.0. The smallest absolute Gasteiger partial charge is 0.240 e. The number of amides is 1. The lowest BCUT2D eigenvalue weighted by molar-refractivity contribution is -0.121. The molecule has 0 radical (unpaired) electrons. The van der Waals surface area contributed by atoms with Crippen molar-refractivity contribution in [2.45, 2.75) is 44.7 Å². The number of hydrogen-bond donors (Lipinski definition) is 1. The Morgan fingerprint density at radius 1 is 1.60 bits per heavy atom. The van der Waals surface area contributed by atoms with Crippen LogP contribution < -0.4 is 5.32 Å². The average Bonchev–Trinajstić information content (AvgIpc) is 3.11. The quantitative estimate of drug-likeness (QED) is 0.880. The Morgan fingerprint density at radius 3 is 3.00 bits per heavy atom. The first-order chi connectivity index (χ1) is 9.56. The third kappa shape index (κ3) is 2.50. The summed E-state index contributed by atoms with van der Waals surface area (Å²) in [5.41, 5.74) is 2.57. The molecule has 2 aromatic heterocycles. The molecule has 1 N–H and O–H groups in total. The molecule has 2 heterocycles. The highest BCUT2D eigenvalue weighted by Gasteiger charge is 2.25. The maximum Gasteiger partial charge on any atom is 0.240 e. The summed E-state index contributed by atoms with van der Waals surface area (Å²) >= 11 is 6.19. The van der Waals surface area contributed by atoms with Gasteiger partial charge in [-0.3, -0.25) is 4.79 Å². The zero-order valence-corrected chi connectivity index (χ0v) is 12.3. The molecule has 0 aliphatic heterocycles. The zero-order valence-electron chi connectivity index (χ0n) is 11.6. The summed E-state index contributed by atoms with van der Waals surface area (Å²) in [6.45, 7) is 4.05. The minimum absolute atomic E-state index is 0.00586. The van der Waals surface area contributed by atoms with Crippen molar-refractivity contribution >= 4 is 28.7 Å². The summed E-state index contributed by atoms with van der Waals surface area (Å²) in [4.78, 5) is 20.9. The number of hydrogen-bond acceptors (Lipinski definition) is 3. The van der Waals surface area contributed by atoms with Crippen LogP contribution in [0.5, 0.6) is 0 Å². The number of halogens is 1. The first-order valence-electron chi connectivity index (χ1n) is 6.81. The van der Waals surface area contributed by atoms with Crippen LogP contribution >= 0.6 is 11.6 Å². The molecule has 1 aliphatic rings. The molecule has 6 heteroatoms. The van der Waals surface area contributed by atoms with Crippen molar-refractivity contribution in [3.05, 3.63) is 23.7 Å². The fourth-order valence-electron chi connectivity index (χ4n) is 2.26. The first-order valence-corrected chi connectivity index (χ1v) is 7.25. The van der Waals surface area contributed by atoms with Crippen molar-refractivity contribution in [2.24, 2.45) is 0 Å². The number of pyridine rings is 1. The van der Waals surface area contributed by atoms with Crippen LogP contribution in [0, 0.1) is 6.92 Å². The van der Waals surface area contributed by atoms with Crippen molar-refractivity contribution in [3.8, 4) is 0 Å². The summed E-state index contributed by atoms with van der Waals surface area (Å²) in [6, 6.07) is 2.26. The predicted molar refractivity (Wildman–Crippen MR) is 77.7 cm³/mol. The topological polar surface area (TPSA) is 59.8 Å². The average molecular weight is 293 g/mol. The number of aryl methyl sites for hydroxylation is 1. The number of rotatable bonds is 4. The molecule has 1 atom stereocenters. The molecule has 20 heavy (non-hydrogen) atoms. The van der Waals surface area contributed by atoms with Crippen LogP contribution in [-0.2, 0) is 11.3 Å². The van der Waals surface area contributed by atoms with Gasteiger partial charge in [0, 0.05) is 12.2 Å². The molecule has 1 unspecified atom stereocenters. The minimum atomic E-state index is -0.266. The molecule has 1 aliphatic carbocycles. The summed E-state index contributed by atoms with van der Waals surface area (Å²) in [7, 11) is 0. The van der Waals surface area contributed by atoms with Gasteiger partial charge < -0.3 is 9.88 Å². The summed E-state index contributed by atoms with van der Waals surface area (Å²) in [5, 5.41) is 2.71. The molecule has 3 rings (SSSR count). The van der Waals surface area contributed by atoms with Crippen molar-refractivity contribution in [2.75, 3.05) is 0 Å². The third-order valence-electron chi connectivity index (χ3n) is 3.47. The van der Waals surface area contributed by atoms with E-state index in [1.54, 1.807) is 6.20 Å². The molecule has 0 saturated heterocycles. The second kappa shape index (κ2) is 5.05. The van der Waals surface area contributed by atoms with Gasteiger partial charge in [0.15, 0.2) is 5.65 Å². The number of alkyl halides is 1. The Bertz CT molecular complexity index is 660. The van der Waals surface area contributed by atoms with E-state index >= 15 is 0 Å². The number of imidazole rings is 1. The van der Waals surface area contributed by atoms with E-state index in [1.165, 1.54) is 0 Å². The van der Waals surface area contributed by atoms with Crippen LogP contribution in [0.15, 0.2) is 12.3 Å². The van der Waals surface area contributed by atoms with Crippen LogP contribution in [0.4, 0.5) is 0 Å². The molecule has 0 spiro atoms. The molecular formula is C14H17ClN4O. The third-order valence-corrected chi connectivity index (χ3v) is 3.66. The lowest BCUT2D eigenvalue weighted by Crippen LogP contribution is -2.30. The normalized spacial score (nSPS) is 16.4. The Labute approximate surface area is 122 Å². The highest BCUT2D eigenvalue weighted by atomic mass is 35.5. The lowest BCUT2D eigenvalue weighted by Gasteiger charge is -2.10. The number of aromatic nitrogens is 3. The SMILES string of the molecule is Cc1ccnc2c1nc(C(C)Cl)n2CC(=O)NC1CC1. The van der Waals surface area contributed by atoms with Gasteiger partial charge in [0.25, 0.3) is 0 Å². The first kappa shape index (κ1) is 13.4. The van der Waals surface area contributed by atoms with Gasteiger partial charge in [-0.25, -0.2) is 9.97 Å². The predicted octanol–water partition coefficient (Wildman–Crippen LogP) is 2.32. The highest BCUT2D eigenvalue weighted by Crippen LogP contribution is 2.25. The van der Waals surface area contributed by atoms with E-state index in [0.717, 1.165) is 29.6 Å². The van der Waals surface area contributed by atoms with Crippen molar-refractivity contribution < 1.29 is 4.79 Å². The van der Waals surface area contributed by atoms with E-state index in [1.807, 2.05) is 24.5 Å². The van der Waals surface area contributed by atoms with Gasteiger partial charge in [-0.2, -0.15) is 0 Å². The standard InChI is InChI=1S/C14H17ClN4O/c1-8-5-6-16-14-12(8)18-13(9(2)15)19(14)7-11(20)17-10-3-4-10/h5-6,9-10H,3-4,7H2,1-2H3,(H,17,20). The van der Waals surface area contributed by atoms with Crippen molar-refractivity contribution in [1.82, 2.24) is 19.9 Å². The van der Waals surface area contributed by atoms with Gasteiger partial charge in [-0.15, -0.1) is 11.6 Å². The number of carbonyl (C=O) groups is 1. The van der Waals surface area contributed by atoms with E-state index in [-0.39, 0.29) is 17.8 Å². The van der Waals surface area contributed by atoms with Crippen LogP contribution in [0.2, 0.25) is 0 Å². The molecule has 1 saturated carbocycles. The number of fused-ring (bicyclic) bond motifs is 1. The Hall–Kier alpha value is -1.62. The summed E-state index contributed by atoms with van der Waals surface area (Å²) < 4.78 is 1.82. The molecule has 0 aromatic carbocycles. The van der Waals surface area contributed by atoms with Crippen LogP contribution in [-0.4, -0.2) is 26.5 Å². The Kier molecular flexibility index (Phi) is 3.38. The number of nitrogens with zero attached hydrogens (tertiary/aromatic N) is 3. The zero-order chi connectivity index (χ0) is 14.3. The number of carbonyl (C=O) groups excluding carboxylic acids is 1. The Balaban J connectivity index is 1.99. The Morgan fingerprint density at radius 2 is 2.35 bits per heavy atom. The van der Waals surface area contributed by atoms with Crippen molar-refractivity contribution in [3.63, 3.8) is 0 Å². The van der Waals surface area contributed by atoms with E-state index < -0.39 is 0 Å². The van der Waals surface area contributed by atoms with Crippen LogP contribution in [0.25, 0.3) is 11.2 Å². The van der Waals surface area contributed by atoms with Gasteiger partial charge in [-0.1, -0.05) is 0 Å². The van der Waals surface area contributed by atoms with E-state index in [2.05, 4.69) is 15.3 Å². The van der Waals surface area contributed by atoms with E-state index in [0.29, 0.717) is 11.9 Å². The largest absolute Gasteiger partial charge is 0.352 e. The second-order valence-electron chi connectivity index (χ2n) is 5.31. The minimum Gasteiger partial charge on any atom is -0.352 e. The molecule has 106 valence electrons. The van der Waals surface area contributed by atoms with Crippen LogP contribution in [0.3, 0.4) is 0 Å². The fourth-order valence-corrected chi connectivity index (χ4v) is 2.43. The van der Waals surface area contributed by atoms with E-state index in [9.17, 15) is 4.79 Å². The molecular weight excluding hydrogens is 276 g/mol. The molecule has 0 bridgehead atoms.